The third-order valence-corrected chi connectivity index (χ3v) is 7.25. The number of hydrogen-bond donors (Lipinski definition) is 0. The Hall–Kier alpha value is -1.55. The molecule has 0 radical (unpaired) electrons. The number of anilines is 1. The topological polar surface area (TPSA) is 66.8 Å². The van der Waals surface area contributed by atoms with E-state index in [1.165, 1.54) is 17.0 Å². The molecule has 0 saturated carbocycles. The molecule has 2 heterocycles. The number of rotatable bonds is 2. The lowest BCUT2D eigenvalue weighted by Gasteiger charge is -2.25. The Morgan fingerprint density at radius 1 is 1.36 bits per heavy atom. The zero-order chi connectivity index (χ0) is 18.4. The van der Waals surface area contributed by atoms with Crippen molar-refractivity contribution in [3.8, 4) is 0 Å². The SMILES string of the molecule is CCC(=O)N=C1SC2CS(=O)(=O)CC2N1c1cccc(C(F)(F)F)c1. The second-order valence-corrected chi connectivity index (χ2v) is 9.22. The number of alkyl halides is 3. The van der Waals surface area contributed by atoms with Gasteiger partial charge in [-0.25, -0.2) is 8.42 Å². The summed E-state index contributed by atoms with van der Waals surface area (Å²) in [6.45, 7) is 1.63. The zero-order valence-corrected chi connectivity index (χ0v) is 14.8. The first-order chi connectivity index (χ1) is 11.6. The average Bonchev–Trinajstić information content (AvgIpc) is 2.97. The van der Waals surface area contributed by atoms with Crippen molar-refractivity contribution < 1.29 is 26.4 Å². The van der Waals surface area contributed by atoms with Gasteiger partial charge in [0.25, 0.3) is 0 Å². The first-order valence-electron chi connectivity index (χ1n) is 7.56. The maximum absolute atomic E-state index is 13.0. The summed E-state index contributed by atoms with van der Waals surface area (Å²) in [4.78, 5) is 17.1. The van der Waals surface area contributed by atoms with Gasteiger partial charge < -0.3 is 4.90 Å². The number of nitrogens with zero attached hydrogens (tertiary/aromatic N) is 2. The fourth-order valence-corrected chi connectivity index (χ4v) is 6.82. The van der Waals surface area contributed by atoms with E-state index in [2.05, 4.69) is 4.99 Å². The lowest BCUT2D eigenvalue weighted by Crippen LogP contribution is -2.37. The van der Waals surface area contributed by atoms with Crippen LogP contribution in [0.3, 0.4) is 0 Å². The number of halogens is 3. The number of thioether (sulfide) groups is 1. The molecule has 0 N–H and O–H groups in total. The van der Waals surface area contributed by atoms with Gasteiger partial charge in [0.05, 0.1) is 23.1 Å². The van der Waals surface area contributed by atoms with Crippen LogP contribution < -0.4 is 4.90 Å². The maximum atomic E-state index is 13.0. The summed E-state index contributed by atoms with van der Waals surface area (Å²) in [6, 6.07) is 4.11. The monoisotopic (exact) mass is 392 g/mol. The van der Waals surface area contributed by atoms with Gasteiger partial charge in [0, 0.05) is 17.4 Å². The number of sulfone groups is 1. The van der Waals surface area contributed by atoms with Crippen molar-refractivity contribution in [3.05, 3.63) is 29.8 Å². The average molecular weight is 392 g/mol. The molecule has 2 fully saturated rings. The predicted molar refractivity (Wildman–Crippen MR) is 90.5 cm³/mol. The van der Waals surface area contributed by atoms with Crippen molar-refractivity contribution in [2.24, 2.45) is 4.99 Å². The molecule has 1 amide bonds. The molecular weight excluding hydrogens is 377 g/mol. The number of benzene rings is 1. The van der Waals surface area contributed by atoms with E-state index in [9.17, 15) is 26.4 Å². The van der Waals surface area contributed by atoms with Crippen LogP contribution in [-0.2, 0) is 20.8 Å². The van der Waals surface area contributed by atoms with E-state index in [-0.39, 0.29) is 34.0 Å². The number of carbonyl (C=O) groups excluding carboxylic acids is 1. The molecule has 25 heavy (non-hydrogen) atoms. The van der Waals surface area contributed by atoms with Crippen LogP contribution in [0.25, 0.3) is 0 Å². The minimum atomic E-state index is -4.51. The van der Waals surface area contributed by atoms with E-state index in [4.69, 9.17) is 0 Å². The van der Waals surface area contributed by atoms with Crippen LogP contribution in [0.2, 0.25) is 0 Å². The summed E-state index contributed by atoms with van der Waals surface area (Å²) >= 11 is 1.14. The Kier molecular flexibility index (Phi) is 4.61. The third-order valence-electron chi connectivity index (χ3n) is 4.04. The smallest absolute Gasteiger partial charge is 0.316 e. The molecule has 1 aromatic carbocycles. The van der Waals surface area contributed by atoms with Crippen molar-refractivity contribution in [3.63, 3.8) is 0 Å². The van der Waals surface area contributed by atoms with Crippen LogP contribution in [-0.4, -0.2) is 42.3 Å². The lowest BCUT2D eigenvalue weighted by atomic mass is 10.1. The highest BCUT2D eigenvalue weighted by Crippen LogP contribution is 2.42. The lowest BCUT2D eigenvalue weighted by molar-refractivity contribution is -0.137. The van der Waals surface area contributed by atoms with Crippen molar-refractivity contribution in [1.29, 1.82) is 0 Å². The van der Waals surface area contributed by atoms with Crippen LogP contribution in [0.15, 0.2) is 29.3 Å². The molecule has 0 bridgehead atoms. The summed E-state index contributed by atoms with van der Waals surface area (Å²) in [5, 5.41) is -0.0842. The number of aliphatic imine (C=N–C) groups is 1. The standard InChI is InChI=1S/C15H15F3N2O3S2/c1-2-13(21)19-14-20(11-7-25(22,23)8-12(11)24-14)10-5-3-4-9(6-10)15(16,17)18/h3-6,11-12H,2,7-8H2,1H3. The zero-order valence-electron chi connectivity index (χ0n) is 13.2. The molecule has 2 aliphatic heterocycles. The van der Waals surface area contributed by atoms with Gasteiger partial charge in [0.1, 0.15) is 0 Å². The van der Waals surface area contributed by atoms with Crippen LogP contribution >= 0.6 is 11.8 Å². The highest BCUT2D eigenvalue weighted by molar-refractivity contribution is 8.16. The summed E-state index contributed by atoms with van der Waals surface area (Å²) in [5.74, 6) is -0.639. The predicted octanol–water partition coefficient (Wildman–Crippen LogP) is 2.72. The number of fused-ring (bicyclic) bond motifs is 1. The van der Waals surface area contributed by atoms with E-state index in [0.717, 1.165) is 23.9 Å². The molecule has 2 atom stereocenters. The molecule has 3 rings (SSSR count). The van der Waals surface area contributed by atoms with Crippen molar-refractivity contribution in [2.45, 2.75) is 30.8 Å². The van der Waals surface area contributed by atoms with Gasteiger partial charge in [-0.15, -0.1) is 0 Å². The molecular formula is C15H15F3N2O3S2. The third kappa shape index (κ3) is 3.69. The number of amides is 1. The molecule has 2 aliphatic rings. The minimum Gasteiger partial charge on any atom is -0.316 e. The number of amidine groups is 1. The molecule has 1 aromatic rings. The normalized spacial score (nSPS) is 26.9. The van der Waals surface area contributed by atoms with Crippen LogP contribution in [0.4, 0.5) is 18.9 Å². The van der Waals surface area contributed by atoms with Gasteiger partial charge in [-0.3, -0.25) is 4.79 Å². The fraction of sp³-hybridized carbons (Fsp3) is 0.467. The Bertz CT molecular complexity index is 837. The highest BCUT2D eigenvalue weighted by atomic mass is 32.2. The largest absolute Gasteiger partial charge is 0.416 e. The fourth-order valence-electron chi connectivity index (χ4n) is 2.88. The van der Waals surface area contributed by atoms with E-state index in [1.54, 1.807) is 6.92 Å². The summed E-state index contributed by atoms with van der Waals surface area (Å²) in [7, 11) is -3.27. The second-order valence-electron chi connectivity index (χ2n) is 5.86. The quantitative estimate of drug-likeness (QED) is 0.774. The Labute approximate surface area is 147 Å². The minimum absolute atomic E-state index is 0.0723. The van der Waals surface area contributed by atoms with Gasteiger partial charge >= 0.3 is 6.18 Å². The van der Waals surface area contributed by atoms with Crippen LogP contribution in [0.5, 0.6) is 0 Å². The Morgan fingerprint density at radius 2 is 2.08 bits per heavy atom. The number of carbonyl (C=O) groups is 1. The first kappa shape index (κ1) is 18.2. The van der Waals surface area contributed by atoms with E-state index in [1.807, 2.05) is 0 Å². The Morgan fingerprint density at radius 3 is 2.72 bits per heavy atom. The van der Waals surface area contributed by atoms with Crippen LogP contribution in [0.1, 0.15) is 18.9 Å². The van der Waals surface area contributed by atoms with Crippen molar-refractivity contribution >= 4 is 38.4 Å². The van der Waals surface area contributed by atoms with Crippen molar-refractivity contribution in [1.82, 2.24) is 0 Å². The van der Waals surface area contributed by atoms with E-state index < -0.39 is 33.5 Å². The summed E-state index contributed by atoms with van der Waals surface area (Å²) < 4.78 is 62.8. The van der Waals surface area contributed by atoms with Gasteiger partial charge in [-0.05, 0) is 18.2 Å². The molecule has 5 nitrogen and oxygen atoms in total. The van der Waals surface area contributed by atoms with Crippen molar-refractivity contribution in [2.75, 3.05) is 16.4 Å². The van der Waals surface area contributed by atoms with Gasteiger partial charge in [0.15, 0.2) is 15.0 Å². The molecule has 0 spiro atoms. The Balaban J connectivity index is 2.05. The molecule has 136 valence electrons. The van der Waals surface area contributed by atoms with Crippen LogP contribution in [0, 0.1) is 0 Å². The van der Waals surface area contributed by atoms with Gasteiger partial charge in [-0.2, -0.15) is 18.2 Å². The summed E-state index contributed by atoms with van der Waals surface area (Å²) in [5.41, 5.74) is -0.643. The van der Waals surface area contributed by atoms with E-state index in [0.29, 0.717) is 0 Å². The number of hydrogen-bond acceptors (Lipinski definition) is 4. The van der Waals surface area contributed by atoms with Gasteiger partial charge in [0.2, 0.25) is 5.91 Å². The molecule has 10 heteroatoms. The molecule has 2 unspecified atom stereocenters. The molecule has 0 aromatic heterocycles. The molecule has 2 saturated heterocycles. The molecule has 0 aliphatic carbocycles. The summed E-state index contributed by atoms with van der Waals surface area (Å²) in [6.07, 6.45) is -4.35. The highest BCUT2D eigenvalue weighted by Gasteiger charge is 2.49. The van der Waals surface area contributed by atoms with Gasteiger partial charge in [-0.1, -0.05) is 24.8 Å². The maximum Gasteiger partial charge on any atom is 0.416 e. The first-order valence-corrected chi connectivity index (χ1v) is 10.3. The second kappa shape index (κ2) is 6.31. The van der Waals surface area contributed by atoms with E-state index >= 15 is 0 Å².